The van der Waals surface area contributed by atoms with Crippen LogP contribution < -0.4 is 11.1 Å². The number of carbonyl (C=O) groups is 1. The summed E-state index contributed by atoms with van der Waals surface area (Å²) >= 11 is 8.73. The molecule has 0 radical (unpaired) electrons. The first-order valence-electron chi connectivity index (χ1n) is 3.90. The monoisotopic (exact) mass is 294 g/mol. The first-order valence-corrected chi connectivity index (χ1v) is 5.07. The van der Waals surface area contributed by atoms with Gasteiger partial charge < -0.3 is 16.2 Å². The van der Waals surface area contributed by atoms with E-state index in [4.69, 9.17) is 22.4 Å². The van der Waals surface area contributed by atoms with Crippen molar-refractivity contribution in [3.8, 4) is 0 Å². The number of nitrogens with two attached hydrogens (primary N) is 1. The van der Waals surface area contributed by atoms with E-state index in [9.17, 15) is 4.79 Å². The summed E-state index contributed by atoms with van der Waals surface area (Å²) in [4.78, 5) is 18.1. The van der Waals surface area contributed by atoms with Gasteiger partial charge in [0.1, 0.15) is 11.9 Å². The smallest absolute Gasteiger partial charge is 0.248 e. The van der Waals surface area contributed by atoms with Crippen molar-refractivity contribution in [2.45, 2.75) is 6.10 Å². The zero-order valence-electron chi connectivity index (χ0n) is 7.44. The van der Waals surface area contributed by atoms with Crippen LogP contribution in [-0.2, 0) is 4.79 Å². The number of aliphatic hydroxyl groups is 1. The minimum atomic E-state index is -1.27. The first kappa shape index (κ1) is 12.2. The zero-order chi connectivity index (χ0) is 11.4. The zero-order valence-corrected chi connectivity index (χ0v) is 9.79. The van der Waals surface area contributed by atoms with E-state index in [1.165, 1.54) is 6.20 Å². The minimum absolute atomic E-state index is 0.0404. The molecule has 0 saturated heterocycles. The number of nitrogens with zero attached hydrogens (tertiary/aromatic N) is 2. The van der Waals surface area contributed by atoms with Gasteiger partial charge in [0.15, 0.2) is 0 Å². The Labute approximate surface area is 99.0 Å². The average molecular weight is 296 g/mol. The van der Waals surface area contributed by atoms with Crippen molar-refractivity contribution in [1.82, 2.24) is 9.97 Å². The number of amides is 1. The van der Waals surface area contributed by atoms with Gasteiger partial charge in [0.25, 0.3) is 0 Å². The maximum Gasteiger partial charge on any atom is 0.248 e. The van der Waals surface area contributed by atoms with Gasteiger partial charge in [0.05, 0.1) is 11.0 Å². The van der Waals surface area contributed by atoms with Crippen molar-refractivity contribution < 1.29 is 9.90 Å². The van der Waals surface area contributed by atoms with E-state index < -0.39 is 12.0 Å². The molecule has 1 amide bonds. The standard InChI is InChI=1S/C7H8BrClN4O2/c8-3-1-12-7(9)13-6(3)11-2-4(14)5(10)15/h1,4,14H,2H2,(H2,10,15)(H,11,12,13). The van der Waals surface area contributed by atoms with E-state index in [-0.39, 0.29) is 11.8 Å². The van der Waals surface area contributed by atoms with Crippen molar-refractivity contribution >= 4 is 39.3 Å². The van der Waals surface area contributed by atoms with Crippen LogP contribution >= 0.6 is 27.5 Å². The van der Waals surface area contributed by atoms with Gasteiger partial charge in [0.2, 0.25) is 11.2 Å². The Kier molecular flexibility index (Phi) is 4.25. The van der Waals surface area contributed by atoms with Gasteiger partial charge in [-0.15, -0.1) is 0 Å². The summed E-state index contributed by atoms with van der Waals surface area (Å²) in [5.41, 5.74) is 4.87. The largest absolute Gasteiger partial charge is 0.381 e. The number of aliphatic hydroxyl groups excluding tert-OH is 1. The number of carbonyl (C=O) groups excluding carboxylic acids is 1. The normalized spacial score (nSPS) is 12.2. The van der Waals surface area contributed by atoms with E-state index in [1.54, 1.807) is 0 Å². The van der Waals surface area contributed by atoms with E-state index in [2.05, 4.69) is 31.2 Å². The van der Waals surface area contributed by atoms with E-state index >= 15 is 0 Å². The molecule has 0 saturated carbocycles. The molecule has 0 bridgehead atoms. The van der Waals surface area contributed by atoms with Gasteiger partial charge in [-0.05, 0) is 27.5 Å². The number of hydrogen-bond donors (Lipinski definition) is 3. The molecule has 1 atom stereocenters. The average Bonchev–Trinajstić information content (AvgIpc) is 2.18. The molecule has 0 aliphatic heterocycles. The van der Waals surface area contributed by atoms with E-state index in [1.807, 2.05) is 0 Å². The van der Waals surface area contributed by atoms with Crippen LogP contribution in [-0.4, -0.2) is 33.6 Å². The maximum atomic E-state index is 10.5. The minimum Gasteiger partial charge on any atom is -0.381 e. The van der Waals surface area contributed by atoms with Crippen LogP contribution in [0.1, 0.15) is 0 Å². The second-order valence-electron chi connectivity index (χ2n) is 2.63. The molecule has 6 nitrogen and oxygen atoms in total. The predicted octanol–water partition coefficient (Wildman–Crippen LogP) is 0.151. The molecule has 0 aliphatic carbocycles. The highest BCUT2D eigenvalue weighted by molar-refractivity contribution is 9.10. The Hall–Kier alpha value is -0.920. The molecule has 0 spiro atoms. The van der Waals surface area contributed by atoms with Crippen LogP contribution in [0.4, 0.5) is 5.82 Å². The van der Waals surface area contributed by atoms with Crippen molar-refractivity contribution in [3.63, 3.8) is 0 Å². The number of hydrogen-bond acceptors (Lipinski definition) is 5. The van der Waals surface area contributed by atoms with Crippen LogP contribution in [0.15, 0.2) is 10.7 Å². The molecule has 1 heterocycles. The highest BCUT2D eigenvalue weighted by Crippen LogP contribution is 2.19. The van der Waals surface area contributed by atoms with Crippen molar-refractivity contribution in [1.29, 1.82) is 0 Å². The van der Waals surface area contributed by atoms with Crippen molar-refractivity contribution in [3.05, 3.63) is 16.0 Å². The van der Waals surface area contributed by atoms with Gasteiger partial charge in [-0.3, -0.25) is 4.79 Å². The fourth-order valence-corrected chi connectivity index (χ4v) is 1.23. The Morgan fingerprint density at radius 1 is 1.80 bits per heavy atom. The first-order chi connectivity index (χ1) is 7.00. The number of rotatable bonds is 4. The summed E-state index contributed by atoms with van der Waals surface area (Å²) in [5.74, 6) is -0.422. The topological polar surface area (TPSA) is 101 Å². The predicted molar refractivity (Wildman–Crippen MR) is 58.4 cm³/mol. The Bertz CT molecular complexity index is 376. The molecule has 15 heavy (non-hydrogen) atoms. The maximum absolute atomic E-state index is 10.5. The quantitative estimate of drug-likeness (QED) is 0.686. The number of primary amides is 1. The van der Waals surface area contributed by atoms with Crippen LogP contribution in [0.2, 0.25) is 5.28 Å². The molecule has 1 unspecified atom stereocenters. The van der Waals surface area contributed by atoms with Crippen molar-refractivity contribution in [2.24, 2.45) is 5.73 Å². The summed E-state index contributed by atoms with van der Waals surface area (Å²) < 4.78 is 0.573. The molecule has 0 aliphatic rings. The fraction of sp³-hybridized carbons (Fsp3) is 0.286. The summed E-state index contributed by atoms with van der Waals surface area (Å²) in [6.07, 6.45) is 0.180. The molecule has 1 rings (SSSR count). The van der Waals surface area contributed by atoms with Gasteiger partial charge in [-0.25, -0.2) is 4.98 Å². The van der Waals surface area contributed by atoms with E-state index in [0.29, 0.717) is 10.3 Å². The van der Waals surface area contributed by atoms with Crippen LogP contribution in [0.5, 0.6) is 0 Å². The lowest BCUT2D eigenvalue weighted by molar-refractivity contribution is -0.125. The third kappa shape index (κ3) is 3.61. The molecular formula is C7H8BrClN4O2. The van der Waals surface area contributed by atoms with E-state index in [0.717, 1.165) is 0 Å². The van der Waals surface area contributed by atoms with Crippen LogP contribution in [0.25, 0.3) is 0 Å². The molecule has 4 N–H and O–H groups in total. The number of halogens is 2. The molecule has 1 aromatic rings. The second-order valence-corrected chi connectivity index (χ2v) is 3.83. The SMILES string of the molecule is NC(=O)C(O)CNc1nc(Cl)ncc1Br. The van der Waals surface area contributed by atoms with Crippen LogP contribution in [0.3, 0.4) is 0 Å². The Morgan fingerprint density at radius 2 is 2.47 bits per heavy atom. The molecular weight excluding hydrogens is 287 g/mol. The number of aromatic nitrogens is 2. The second kappa shape index (κ2) is 5.24. The molecule has 0 fully saturated rings. The highest BCUT2D eigenvalue weighted by atomic mass is 79.9. The fourth-order valence-electron chi connectivity index (χ4n) is 0.764. The van der Waals surface area contributed by atoms with Gasteiger partial charge >= 0.3 is 0 Å². The summed E-state index contributed by atoms with van der Waals surface area (Å²) in [7, 11) is 0. The summed E-state index contributed by atoms with van der Waals surface area (Å²) in [6.45, 7) is -0.0404. The molecule has 1 aromatic heterocycles. The molecule has 8 heteroatoms. The number of anilines is 1. The molecule has 82 valence electrons. The lowest BCUT2D eigenvalue weighted by Gasteiger charge is -2.09. The Balaban J connectivity index is 2.65. The third-order valence-electron chi connectivity index (χ3n) is 1.51. The Morgan fingerprint density at radius 3 is 3.07 bits per heavy atom. The van der Waals surface area contributed by atoms with Gasteiger partial charge in [-0.2, -0.15) is 4.98 Å². The van der Waals surface area contributed by atoms with Crippen LogP contribution in [0, 0.1) is 0 Å². The van der Waals surface area contributed by atoms with Gasteiger partial charge in [0, 0.05) is 6.20 Å². The lowest BCUT2D eigenvalue weighted by atomic mass is 10.3. The molecule has 0 aromatic carbocycles. The van der Waals surface area contributed by atoms with Crippen molar-refractivity contribution in [2.75, 3.05) is 11.9 Å². The summed E-state index contributed by atoms with van der Waals surface area (Å²) in [6, 6.07) is 0. The van der Waals surface area contributed by atoms with Gasteiger partial charge in [-0.1, -0.05) is 0 Å². The third-order valence-corrected chi connectivity index (χ3v) is 2.27. The summed E-state index contributed by atoms with van der Waals surface area (Å²) in [5, 5.41) is 11.9. The lowest BCUT2D eigenvalue weighted by Crippen LogP contribution is -2.34. The highest BCUT2D eigenvalue weighted by Gasteiger charge is 2.11. The number of nitrogens with one attached hydrogen (secondary N) is 1.